The van der Waals surface area contributed by atoms with Crippen LogP contribution in [0.15, 0.2) is 12.1 Å². The van der Waals surface area contributed by atoms with Gasteiger partial charge in [0.05, 0.1) is 12.1 Å². The molecular weight excluding hydrogens is 282 g/mol. The van der Waals surface area contributed by atoms with Gasteiger partial charge in [-0.1, -0.05) is 11.6 Å². The maximum absolute atomic E-state index is 12.0. The summed E-state index contributed by atoms with van der Waals surface area (Å²) in [5.41, 5.74) is 0.0560. The Balaban J connectivity index is 2.10. The Labute approximate surface area is 122 Å². The van der Waals surface area contributed by atoms with E-state index in [2.05, 4.69) is 4.98 Å². The molecule has 20 heavy (non-hydrogen) atoms. The van der Waals surface area contributed by atoms with Crippen molar-refractivity contribution in [2.45, 2.75) is 12.8 Å². The Morgan fingerprint density at radius 3 is 2.65 bits per heavy atom. The van der Waals surface area contributed by atoms with Crippen molar-refractivity contribution in [3.63, 3.8) is 0 Å². The Morgan fingerprint density at radius 2 is 2.05 bits per heavy atom. The van der Waals surface area contributed by atoms with Gasteiger partial charge in [-0.25, -0.2) is 9.78 Å². The molecule has 6 nitrogen and oxygen atoms in total. The summed E-state index contributed by atoms with van der Waals surface area (Å²) in [6, 6.07) is 2.69. The number of hydrogen-bond acceptors (Lipinski definition) is 4. The van der Waals surface area contributed by atoms with Gasteiger partial charge in [-0.05, 0) is 25.0 Å². The summed E-state index contributed by atoms with van der Waals surface area (Å²) in [5.74, 6) is -0.680. The molecule has 1 aromatic rings. The van der Waals surface area contributed by atoms with Crippen molar-refractivity contribution in [2.75, 3.05) is 31.6 Å². The number of anilines is 1. The van der Waals surface area contributed by atoms with Crippen LogP contribution in [0.1, 0.15) is 23.2 Å². The van der Waals surface area contributed by atoms with Gasteiger partial charge in [0.2, 0.25) is 5.91 Å². The Hall–Kier alpha value is -1.82. The van der Waals surface area contributed by atoms with E-state index in [0.717, 1.165) is 25.9 Å². The number of hydrogen-bond donors (Lipinski definition) is 1. The fraction of sp³-hybridized carbons (Fsp3) is 0.462. The molecule has 1 amide bonds. The van der Waals surface area contributed by atoms with E-state index in [-0.39, 0.29) is 23.2 Å². The summed E-state index contributed by atoms with van der Waals surface area (Å²) in [4.78, 5) is 30.5. The van der Waals surface area contributed by atoms with Gasteiger partial charge < -0.3 is 14.9 Å². The van der Waals surface area contributed by atoms with Gasteiger partial charge in [-0.15, -0.1) is 0 Å². The summed E-state index contributed by atoms with van der Waals surface area (Å²) in [6.45, 7) is 1.73. The second kappa shape index (κ2) is 6.09. The monoisotopic (exact) mass is 297 g/mol. The third-order valence-corrected chi connectivity index (χ3v) is 3.44. The molecule has 0 unspecified atom stereocenters. The number of carbonyl (C=O) groups is 2. The highest BCUT2D eigenvalue weighted by Crippen LogP contribution is 2.18. The van der Waals surface area contributed by atoms with E-state index in [9.17, 15) is 9.59 Å². The van der Waals surface area contributed by atoms with Crippen molar-refractivity contribution < 1.29 is 14.7 Å². The van der Waals surface area contributed by atoms with Crippen molar-refractivity contribution >= 4 is 29.3 Å². The normalized spacial score (nSPS) is 14.4. The molecule has 1 aliphatic heterocycles. The minimum atomic E-state index is -1.07. The lowest BCUT2D eigenvalue weighted by Gasteiger charge is -2.22. The number of aromatic carboxylic acids is 1. The average molecular weight is 298 g/mol. The number of halogens is 1. The molecule has 1 aliphatic rings. The van der Waals surface area contributed by atoms with Gasteiger partial charge in [-0.3, -0.25) is 4.79 Å². The van der Waals surface area contributed by atoms with Crippen molar-refractivity contribution in [3.05, 3.63) is 22.8 Å². The number of rotatable bonds is 4. The SMILES string of the molecule is CN(CC(=O)N1CCCC1)c1cc(C(=O)O)cc(Cl)n1. The number of amides is 1. The van der Waals surface area contributed by atoms with Crippen molar-refractivity contribution in [3.8, 4) is 0 Å². The largest absolute Gasteiger partial charge is 0.478 e. The van der Waals surface area contributed by atoms with Gasteiger partial charge in [0.1, 0.15) is 11.0 Å². The van der Waals surface area contributed by atoms with Crippen LogP contribution < -0.4 is 4.90 Å². The lowest BCUT2D eigenvalue weighted by atomic mass is 10.2. The number of likely N-dealkylation sites (tertiary alicyclic amines) is 1. The van der Waals surface area contributed by atoms with Gasteiger partial charge in [-0.2, -0.15) is 0 Å². The fourth-order valence-corrected chi connectivity index (χ4v) is 2.36. The topological polar surface area (TPSA) is 73.7 Å². The van der Waals surface area contributed by atoms with Crippen LogP contribution >= 0.6 is 11.6 Å². The minimum Gasteiger partial charge on any atom is -0.478 e. The molecule has 7 heteroatoms. The minimum absolute atomic E-state index is 0.0173. The quantitative estimate of drug-likeness (QED) is 0.852. The van der Waals surface area contributed by atoms with E-state index in [1.54, 1.807) is 16.8 Å². The molecule has 0 aromatic carbocycles. The van der Waals surface area contributed by atoms with Crippen molar-refractivity contribution in [1.29, 1.82) is 0 Å². The number of nitrogens with zero attached hydrogens (tertiary/aromatic N) is 3. The molecular formula is C13H16ClN3O3. The standard InChI is InChI=1S/C13H16ClN3O3/c1-16(8-12(18)17-4-2-3-5-17)11-7-9(13(19)20)6-10(14)15-11/h6-7H,2-5,8H2,1H3,(H,19,20). The molecule has 1 aromatic heterocycles. The first-order chi connectivity index (χ1) is 9.47. The molecule has 1 N–H and O–H groups in total. The second-order valence-electron chi connectivity index (χ2n) is 4.79. The Morgan fingerprint density at radius 1 is 1.40 bits per heavy atom. The number of aromatic nitrogens is 1. The van der Waals surface area contributed by atoms with Gasteiger partial charge in [0.15, 0.2) is 0 Å². The van der Waals surface area contributed by atoms with Crippen molar-refractivity contribution in [1.82, 2.24) is 9.88 Å². The highest BCUT2D eigenvalue weighted by Gasteiger charge is 2.20. The van der Waals surface area contributed by atoms with Crippen molar-refractivity contribution in [2.24, 2.45) is 0 Å². The predicted octanol–water partition coefficient (Wildman–Crippen LogP) is 1.49. The zero-order chi connectivity index (χ0) is 14.7. The molecule has 1 saturated heterocycles. The first kappa shape index (κ1) is 14.6. The van der Waals surface area contributed by atoms with E-state index >= 15 is 0 Å². The third kappa shape index (κ3) is 3.39. The lowest BCUT2D eigenvalue weighted by molar-refractivity contribution is -0.128. The number of carboxylic acids is 1. The van der Waals surface area contributed by atoms with Crippen LogP contribution in [-0.2, 0) is 4.79 Å². The summed E-state index contributed by atoms with van der Waals surface area (Å²) in [5, 5.41) is 9.09. The van der Waals surface area contributed by atoms with E-state index in [1.165, 1.54) is 12.1 Å². The number of carbonyl (C=O) groups excluding carboxylic acids is 1. The molecule has 0 radical (unpaired) electrons. The molecule has 2 rings (SSSR count). The van der Waals surface area contributed by atoms with E-state index in [1.807, 2.05) is 0 Å². The smallest absolute Gasteiger partial charge is 0.335 e. The average Bonchev–Trinajstić information content (AvgIpc) is 2.91. The molecule has 0 bridgehead atoms. The van der Waals surface area contributed by atoms with Crippen LogP contribution in [0.3, 0.4) is 0 Å². The second-order valence-corrected chi connectivity index (χ2v) is 5.17. The first-order valence-electron chi connectivity index (χ1n) is 6.37. The fourth-order valence-electron chi connectivity index (χ4n) is 2.15. The van der Waals surface area contributed by atoms with E-state index in [0.29, 0.717) is 5.82 Å². The molecule has 0 spiro atoms. The number of carboxylic acid groups (broad SMARTS) is 1. The zero-order valence-electron chi connectivity index (χ0n) is 11.2. The van der Waals surface area contributed by atoms with Crippen LogP contribution in [0, 0.1) is 0 Å². The van der Waals surface area contributed by atoms with Crippen LogP contribution in [0.2, 0.25) is 5.15 Å². The molecule has 108 valence electrons. The Kier molecular flexibility index (Phi) is 4.44. The van der Waals surface area contributed by atoms with Crippen LogP contribution in [0.4, 0.5) is 5.82 Å². The summed E-state index contributed by atoms with van der Waals surface area (Å²) in [6.07, 6.45) is 2.07. The van der Waals surface area contributed by atoms with E-state index in [4.69, 9.17) is 16.7 Å². The molecule has 0 saturated carbocycles. The molecule has 1 fully saturated rings. The summed E-state index contributed by atoms with van der Waals surface area (Å²) >= 11 is 5.81. The zero-order valence-corrected chi connectivity index (χ0v) is 11.9. The first-order valence-corrected chi connectivity index (χ1v) is 6.75. The molecule has 0 aliphatic carbocycles. The van der Waals surface area contributed by atoms with Crippen LogP contribution in [-0.4, -0.2) is 53.5 Å². The summed E-state index contributed by atoms with van der Waals surface area (Å²) in [7, 11) is 1.69. The van der Waals surface area contributed by atoms with Crippen LogP contribution in [0.5, 0.6) is 0 Å². The lowest BCUT2D eigenvalue weighted by Crippen LogP contribution is -2.37. The highest BCUT2D eigenvalue weighted by molar-refractivity contribution is 6.29. The number of likely N-dealkylation sites (N-methyl/N-ethyl adjacent to an activating group) is 1. The number of pyridine rings is 1. The van der Waals surface area contributed by atoms with E-state index < -0.39 is 5.97 Å². The predicted molar refractivity (Wildman–Crippen MR) is 75.3 cm³/mol. The van der Waals surface area contributed by atoms with Gasteiger partial charge in [0.25, 0.3) is 0 Å². The van der Waals surface area contributed by atoms with Gasteiger partial charge in [0, 0.05) is 20.1 Å². The maximum Gasteiger partial charge on any atom is 0.335 e. The van der Waals surface area contributed by atoms with Crippen LogP contribution in [0.25, 0.3) is 0 Å². The highest BCUT2D eigenvalue weighted by atomic mass is 35.5. The molecule has 2 heterocycles. The maximum atomic E-state index is 12.0. The summed E-state index contributed by atoms with van der Waals surface area (Å²) < 4.78 is 0. The third-order valence-electron chi connectivity index (χ3n) is 3.25. The molecule has 0 atom stereocenters. The van der Waals surface area contributed by atoms with Gasteiger partial charge >= 0.3 is 5.97 Å². The Bertz CT molecular complexity index is 530.